The minimum Gasteiger partial charge on any atom is -0.343 e. The summed E-state index contributed by atoms with van der Waals surface area (Å²) in [5.41, 5.74) is 18.6. The van der Waals surface area contributed by atoms with Crippen LogP contribution in [0.3, 0.4) is 0 Å². The van der Waals surface area contributed by atoms with Gasteiger partial charge >= 0.3 is 0 Å². The van der Waals surface area contributed by atoms with Crippen LogP contribution in [0.2, 0.25) is 0 Å². The second-order valence-electron chi connectivity index (χ2n) is 13.8. The standard InChI is InChI=1S/C50H36N2/c1-51-49-20-8-7-17-46(49)47-19-10-18-45(50(47)51)37-23-21-36(22-24-37)38-14-9-15-42(32-38)52(41-28-25-35(26-29-41)34-11-3-2-4-12-34)43-30-27-40-31-39-13-5-6-16-44(39)48(40)33-43/h2-30,32-33H,31H2,1H3. The summed E-state index contributed by atoms with van der Waals surface area (Å²) < 4.78 is 2.33. The molecule has 52 heavy (non-hydrogen) atoms. The number of nitrogens with zero attached hydrogens (tertiary/aromatic N) is 2. The highest BCUT2D eigenvalue weighted by Crippen LogP contribution is 2.43. The van der Waals surface area contributed by atoms with Gasteiger partial charge in [0.1, 0.15) is 0 Å². The van der Waals surface area contributed by atoms with E-state index in [1.54, 1.807) is 0 Å². The fraction of sp³-hybridized carbons (Fsp3) is 0.0400. The minimum atomic E-state index is 0.984. The van der Waals surface area contributed by atoms with Gasteiger partial charge in [-0.25, -0.2) is 0 Å². The van der Waals surface area contributed by atoms with Crippen LogP contribution in [0.15, 0.2) is 188 Å². The summed E-state index contributed by atoms with van der Waals surface area (Å²) in [5.74, 6) is 0. The van der Waals surface area contributed by atoms with E-state index in [1.165, 1.54) is 77.4 Å². The summed E-state index contributed by atoms with van der Waals surface area (Å²) in [6.07, 6.45) is 0.984. The maximum Gasteiger partial charge on any atom is 0.0568 e. The van der Waals surface area contributed by atoms with Crippen molar-refractivity contribution < 1.29 is 0 Å². The molecule has 246 valence electrons. The Morgan fingerprint density at radius 2 is 0.962 bits per heavy atom. The number of aryl methyl sites for hydroxylation is 1. The molecule has 2 heteroatoms. The first-order valence-electron chi connectivity index (χ1n) is 18.0. The highest BCUT2D eigenvalue weighted by atomic mass is 15.1. The van der Waals surface area contributed by atoms with Crippen molar-refractivity contribution in [1.29, 1.82) is 0 Å². The number of fused-ring (bicyclic) bond motifs is 6. The molecule has 0 atom stereocenters. The van der Waals surface area contributed by atoms with Crippen molar-refractivity contribution in [2.24, 2.45) is 7.05 Å². The van der Waals surface area contributed by atoms with E-state index in [-0.39, 0.29) is 0 Å². The van der Waals surface area contributed by atoms with Gasteiger partial charge in [0.15, 0.2) is 0 Å². The largest absolute Gasteiger partial charge is 0.343 e. The molecule has 2 nitrogen and oxygen atoms in total. The number of benzene rings is 8. The molecule has 0 aliphatic heterocycles. The van der Waals surface area contributed by atoms with Gasteiger partial charge in [-0.1, -0.05) is 146 Å². The Morgan fingerprint density at radius 3 is 1.83 bits per heavy atom. The molecular formula is C50H36N2. The second kappa shape index (κ2) is 12.3. The zero-order valence-electron chi connectivity index (χ0n) is 29.0. The van der Waals surface area contributed by atoms with Crippen LogP contribution in [-0.4, -0.2) is 4.57 Å². The van der Waals surface area contributed by atoms with Crippen LogP contribution in [0.1, 0.15) is 11.1 Å². The predicted molar refractivity (Wildman–Crippen MR) is 220 cm³/mol. The van der Waals surface area contributed by atoms with Crippen molar-refractivity contribution in [2.75, 3.05) is 4.90 Å². The van der Waals surface area contributed by atoms with E-state index in [0.29, 0.717) is 0 Å². The molecule has 0 fully saturated rings. The minimum absolute atomic E-state index is 0.984. The normalized spacial score (nSPS) is 11.9. The summed E-state index contributed by atoms with van der Waals surface area (Å²) >= 11 is 0. The first-order chi connectivity index (χ1) is 25.7. The van der Waals surface area contributed by atoms with E-state index >= 15 is 0 Å². The second-order valence-corrected chi connectivity index (χ2v) is 13.8. The molecule has 1 aliphatic rings. The van der Waals surface area contributed by atoms with Crippen LogP contribution >= 0.6 is 0 Å². The molecule has 0 amide bonds. The van der Waals surface area contributed by atoms with Crippen molar-refractivity contribution in [1.82, 2.24) is 4.57 Å². The average Bonchev–Trinajstić information content (AvgIpc) is 3.73. The van der Waals surface area contributed by atoms with Gasteiger partial charge in [0.25, 0.3) is 0 Å². The van der Waals surface area contributed by atoms with Crippen LogP contribution < -0.4 is 4.90 Å². The Hall–Kier alpha value is -6.64. The summed E-state index contributed by atoms with van der Waals surface area (Å²) in [4.78, 5) is 2.40. The molecule has 9 aromatic rings. The molecule has 10 rings (SSSR count). The number of hydrogen-bond acceptors (Lipinski definition) is 1. The maximum absolute atomic E-state index is 2.40. The van der Waals surface area contributed by atoms with E-state index in [9.17, 15) is 0 Å². The molecule has 1 heterocycles. The smallest absolute Gasteiger partial charge is 0.0568 e. The van der Waals surface area contributed by atoms with Crippen molar-refractivity contribution in [2.45, 2.75) is 6.42 Å². The van der Waals surface area contributed by atoms with Gasteiger partial charge in [0.05, 0.1) is 5.52 Å². The molecule has 0 bridgehead atoms. The van der Waals surface area contributed by atoms with Gasteiger partial charge in [-0.2, -0.15) is 0 Å². The maximum atomic E-state index is 2.40. The van der Waals surface area contributed by atoms with Gasteiger partial charge in [-0.15, -0.1) is 0 Å². The third kappa shape index (κ3) is 5.03. The van der Waals surface area contributed by atoms with Gasteiger partial charge in [0, 0.05) is 46.0 Å². The molecule has 8 aromatic carbocycles. The molecular weight excluding hydrogens is 629 g/mol. The van der Waals surface area contributed by atoms with Crippen molar-refractivity contribution in [3.8, 4) is 44.5 Å². The summed E-state index contributed by atoms with van der Waals surface area (Å²) in [6.45, 7) is 0. The third-order valence-electron chi connectivity index (χ3n) is 10.8. The number of anilines is 3. The van der Waals surface area contributed by atoms with E-state index in [1.807, 2.05) is 0 Å². The summed E-state index contributed by atoms with van der Waals surface area (Å²) in [7, 11) is 2.18. The van der Waals surface area contributed by atoms with Crippen LogP contribution in [0, 0.1) is 0 Å². The molecule has 1 aliphatic carbocycles. The van der Waals surface area contributed by atoms with Crippen LogP contribution in [0.5, 0.6) is 0 Å². The number of para-hydroxylation sites is 2. The number of hydrogen-bond donors (Lipinski definition) is 0. The molecule has 0 spiro atoms. The van der Waals surface area contributed by atoms with Crippen molar-refractivity contribution >= 4 is 38.9 Å². The van der Waals surface area contributed by atoms with E-state index in [4.69, 9.17) is 0 Å². The molecule has 0 saturated carbocycles. The van der Waals surface area contributed by atoms with Crippen LogP contribution in [-0.2, 0) is 13.5 Å². The Balaban J connectivity index is 1.05. The third-order valence-corrected chi connectivity index (χ3v) is 10.8. The predicted octanol–water partition coefficient (Wildman–Crippen LogP) is 13.4. The van der Waals surface area contributed by atoms with Crippen molar-refractivity contribution in [3.05, 3.63) is 199 Å². The number of rotatable bonds is 6. The van der Waals surface area contributed by atoms with Crippen molar-refractivity contribution in [3.63, 3.8) is 0 Å². The molecule has 0 unspecified atom stereocenters. The zero-order chi connectivity index (χ0) is 34.6. The highest BCUT2D eigenvalue weighted by molar-refractivity contribution is 6.12. The van der Waals surface area contributed by atoms with Crippen LogP contribution in [0.4, 0.5) is 17.1 Å². The van der Waals surface area contributed by atoms with Gasteiger partial charge < -0.3 is 9.47 Å². The first-order valence-corrected chi connectivity index (χ1v) is 18.0. The Bertz CT molecular complexity index is 2750. The first kappa shape index (κ1) is 30.2. The lowest BCUT2D eigenvalue weighted by Crippen LogP contribution is -2.10. The van der Waals surface area contributed by atoms with Gasteiger partial charge in [0.2, 0.25) is 0 Å². The quantitative estimate of drug-likeness (QED) is 0.172. The van der Waals surface area contributed by atoms with Gasteiger partial charge in [-0.3, -0.25) is 0 Å². The van der Waals surface area contributed by atoms with Crippen LogP contribution in [0.25, 0.3) is 66.3 Å². The lowest BCUT2D eigenvalue weighted by Gasteiger charge is -2.27. The summed E-state index contributed by atoms with van der Waals surface area (Å²) in [5, 5.41) is 2.58. The fourth-order valence-corrected chi connectivity index (χ4v) is 8.27. The SMILES string of the molecule is Cn1c2ccccc2c2cccc(-c3ccc(-c4cccc(N(c5ccc(-c6ccccc6)cc5)c5ccc6c(c5)-c5ccccc5C6)c4)cc3)c21. The fourth-order valence-electron chi connectivity index (χ4n) is 8.27. The topological polar surface area (TPSA) is 8.17 Å². The monoisotopic (exact) mass is 664 g/mol. The molecule has 0 radical (unpaired) electrons. The summed E-state index contributed by atoms with van der Waals surface area (Å²) in [6, 6.07) is 68.7. The van der Waals surface area contributed by atoms with Gasteiger partial charge in [-0.05, 0) is 99.0 Å². The highest BCUT2D eigenvalue weighted by Gasteiger charge is 2.21. The van der Waals surface area contributed by atoms with E-state index in [0.717, 1.165) is 23.5 Å². The Kier molecular flexibility index (Phi) is 7.14. The average molecular weight is 665 g/mol. The Morgan fingerprint density at radius 1 is 0.385 bits per heavy atom. The molecule has 0 saturated heterocycles. The lowest BCUT2D eigenvalue weighted by molar-refractivity contribution is 1.02. The lowest BCUT2D eigenvalue weighted by atomic mass is 9.98. The molecule has 0 N–H and O–H groups in total. The number of aromatic nitrogens is 1. The zero-order valence-corrected chi connectivity index (χ0v) is 29.0. The van der Waals surface area contributed by atoms with E-state index < -0.39 is 0 Å². The van der Waals surface area contributed by atoms with E-state index in [2.05, 4.69) is 205 Å². The Labute approximate surface area is 304 Å². The molecule has 1 aromatic heterocycles.